The number of hydrogen-bond acceptors (Lipinski definition) is 4. The monoisotopic (exact) mass is 306 g/mol. The Morgan fingerprint density at radius 3 is 2.32 bits per heavy atom. The second-order valence-corrected chi connectivity index (χ2v) is 4.92. The van der Waals surface area contributed by atoms with Crippen LogP contribution in [0.25, 0.3) is 0 Å². The molecule has 0 radical (unpaired) electrons. The van der Waals surface area contributed by atoms with E-state index < -0.39 is 11.9 Å². The molecule has 0 aromatic heterocycles. The van der Waals surface area contributed by atoms with Gasteiger partial charge in [0.25, 0.3) is 5.91 Å². The highest BCUT2D eigenvalue weighted by Crippen LogP contribution is 2.13. The first-order chi connectivity index (χ1) is 10.5. The summed E-state index contributed by atoms with van der Waals surface area (Å²) in [5, 5.41) is 4.81. The van der Waals surface area contributed by atoms with E-state index in [4.69, 9.17) is 4.74 Å². The molecule has 0 bridgehead atoms. The molecule has 22 heavy (non-hydrogen) atoms. The molecule has 1 aromatic rings. The highest BCUT2D eigenvalue weighted by Gasteiger charge is 2.10. The number of imide groups is 1. The third-order valence-corrected chi connectivity index (χ3v) is 3.11. The van der Waals surface area contributed by atoms with Crippen LogP contribution in [0.4, 0.5) is 4.79 Å². The zero-order valence-electron chi connectivity index (χ0n) is 13.1. The Labute approximate surface area is 130 Å². The Morgan fingerprint density at radius 1 is 1.14 bits per heavy atom. The molecule has 1 rings (SSSR count). The van der Waals surface area contributed by atoms with Gasteiger partial charge in [-0.25, -0.2) is 4.79 Å². The van der Waals surface area contributed by atoms with Crippen LogP contribution in [0.15, 0.2) is 24.3 Å². The van der Waals surface area contributed by atoms with Crippen LogP contribution < -0.4 is 15.4 Å². The molecule has 0 aliphatic heterocycles. The van der Waals surface area contributed by atoms with E-state index in [-0.39, 0.29) is 18.4 Å². The fraction of sp³-hybridized carbons (Fsp3) is 0.438. The quantitative estimate of drug-likeness (QED) is 0.757. The van der Waals surface area contributed by atoms with Gasteiger partial charge in [-0.1, -0.05) is 13.8 Å². The lowest BCUT2D eigenvalue weighted by molar-refractivity contribution is -0.122. The molecule has 2 N–H and O–H groups in total. The van der Waals surface area contributed by atoms with Crippen molar-refractivity contribution in [1.29, 1.82) is 0 Å². The first-order valence-corrected chi connectivity index (χ1v) is 7.32. The summed E-state index contributed by atoms with van der Waals surface area (Å²) in [6, 6.07) is 6.00. The smallest absolute Gasteiger partial charge is 0.321 e. The third kappa shape index (κ3) is 5.95. The number of ether oxygens (including phenoxy) is 1. The van der Waals surface area contributed by atoms with E-state index in [0.29, 0.717) is 17.7 Å². The number of carbonyl (C=O) groups excluding carboxylic acids is 3. The van der Waals surface area contributed by atoms with Crippen molar-refractivity contribution in [2.75, 3.05) is 6.61 Å². The van der Waals surface area contributed by atoms with Crippen LogP contribution in [0, 0.1) is 0 Å². The van der Waals surface area contributed by atoms with E-state index in [1.807, 2.05) is 13.8 Å². The number of amides is 3. The molecular weight excluding hydrogens is 284 g/mol. The molecular formula is C16H22N2O4. The van der Waals surface area contributed by atoms with Crippen LogP contribution in [0.5, 0.6) is 5.75 Å². The number of benzene rings is 1. The summed E-state index contributed by atoms with van der Waals surface area (Å²) >= 11 is 0. The van der Waals surface area contributed by atoms with Crippen LogP contribution in [0.2, 0.25) is 0 Å². The number of Topliss-reactive ketones (excluding diaryl/α,β-unsaturated/α-hetero) is 1. The van der Waals surface area contributed by atoms with E-state index >= 15 is 0 Å². The van der Waals surface area contributed by atoms with Crippen LogP contribution in [0.1, 0.15) is 44.0 Å². The van der Waals surface area contributed by atoms with Gasteiger partial charge in [-0.15, -0.1) is 0 Å². The van der Waals surface area contributed by atoms with Gasteiger partial charge in [0.15, 0.2) is 12.4 Å². The minimum absolute atomic E-state index is 0.00244. The fourth-order valence-corrected chi connectivity index (χ4v) is 1.61. The Kier molecular flexibility index (Phi) is 7.08. The SMILES string of the molecule is CCC(=O)c1ccc(OCC(=O)NC(=O)N[C@@H](C)CC)cc1. The number of carbonyl (C=O) groups is 3. The molecule has 0 aliphatic rings. The van der Waals surface area contributed by atoms with Crippen LogP contribution in [-0.4, -0.2) is 30.4 Å². The molecule has 0 aliphatic carbocycles. The predicted octanol–water partition coefficient (Wildman–Crippen LogP) is 2.28. The first kappa shape index (κ1) is 17.7. The van der Waals surface area contributed by atoms with E-state index in [0.717, 1.165) is 6.42 Å². The number of nitrogens with one attached hydrogen (secondary N) is 2. The molecule has 0 fully saturated rings. The molecule has 120 valence electrons. The van der Waals surface area contributed by atoms with Crippen molar-refractivity contribution in [2.45, 2.75) is 39.7 Å². The summed E-state index contributed by atoms with van der Waals surface area (Å²) in [6.07, 6.45) is 1.22. The normalized spacial score (nSPS) is 11.4. The average Bonchev–Trinajstić information content (AvgIpc) is 2.52. The number of urea groups is 1. The summed E-state index contributed by atoms with van der Waals surface area (Å²) in [7, 11) is 0. The minimum atomic E-state index is -0.535. The average molecular weight is 306 g/mol. The van der Waals surface area contributed by atoms with Gasteiger partial charge < -0.3 is 10.1 Å². The Morgan fingerprint density at radius 2 is 1.77 bits per heavy atom. The highest BCUT2D eigenvalue weighted by atomic mass is 16.5. The number of rotatable bonds is 7. The second-order valence-electron chi connectivity index (χ2n) is 4.92. The second kappa shape index (κ2) is 8.81. The maximum Gasteiger partial charge on any atom is 0.321 e. The molecule has 0 heterocycles. The lowest BCUT2D eigenvalue weighted by Gasteiger charge is -2.12. The van der Waals surface area contributed by atoms with Crippen molar-refractivity contribution in [2.24, 2.45) is 0 Å². The Balaban J connectivity index is 2.41. The van der Waals surface area contributed by atoms with Crippen LogP contribution >= 0.6 is 0 Å². The molecule has 0 unspecified atom stereocenters. The van der Waals surface area contributed by atoms with E-state index in [1.54, 1.807) is 31.2 Å². The van der Waals surface area contributed by atoms with Gasteiger partial charge in [0.2, 0.25) is 0 Å². The van der Waals surface area contributed by atoms with E-state index in [2.05, 4.69) is 10.6 Å². The maximum atomic E-state index is 11.6. The van der Waals surface area contributed by atoms with Crippen molar-refractivity contribution in [3.63, 3.8) is 0 Å². The number of ketones is 1. The Bertz CT molecular complexity index is 525. The zero-order valence-corrected chi connectivity index (χ0v) is 13.1. The lowest BCUT2D eigenvalue weighted by atomic mass is 10.1. The van der Waals surface area contributed by atoms with Gasteiger partial charge in [-0.05, 0) is 37.6 Å². The van der Waals surface area contributed by atoms with Gasteiger partial charge in [0.05, 0.1) is 0 Å². The van der Waals surface area contributed by atoms with E-state index in [1.165, 1.54) is 0 Å². The summed E-state index contributed by atoms with van der Waals surface area (Å²) in [6.45, 7) is 5.30. The summed E-state index contributed by atoms with van der Waals surface area (Å²) in [4.78, 5) is 34.5. The standard InChI is InChI=1S/C16H22N2O4/c1-4-11(3)17-16(21)18-15(20)10-22-13-8-6-12(7-9-13)14(19)5-2/h6-9,11H,4-5,10H2,1-3H3,(H2,17,18,20,21)/t11-/m0/s1. The summed E-state index contributed by atoms with van der Waals surface area (Å²) < 4.78 is 5.27. The van der Waals surface area contributed by atoms with Crippen molar-refractivity contribution in [3.05, 3.63) is 29.8 Å². The van der Waals surface area contributed by atoms with Gasteiger partial charge in [-0.2, -0.15) is 0 Å². The molecule has 0 spiro atoms. The predicted molar refractivity (Wildman–Crippen MR) is 83.0 cm³/mol. The molecule has 6 nitrogen and oxygen atoms in total. The third-order valence-electron chi connectivity index (χ3n) is 3.11. The van der Waals surface area contributed by atoms with Gasteiger partial charge >= 0.3 is 6.03 Å². The highest BCUT2D eigenvalue weighted by molar-refractivity contribution is 5.96. The first-order valence-electron chi connectivity index (χ1n) is 7.32. The van der Waals surface area contributed by atoms with Crippen LogP contribution in [0.3, 0.4) is 0 Å². The molecule has 1 atom stereocenters. The zero-order chi connectivity index (χ0) is 16.5. The van der Waals surface area contributed by atoms with E-state index in [9.17, 15) is 14.4 Å². The summed E-state index contributed by atoms with van der Waals surface area (Å²) in [5.74, 6) is -0.0225. The fourth-order valence-electron chi connectivity index (χ4n) is 1.61. The summed E-state index contributed by atoms with van der Waals surface area (Å²) in [5.41, 5.74) is 0.604. The molecule has 0 saturated carbocycles. The number of hydrogen-bond donors (Lipinski definition) is 2. The largest absolute Gasteiger partial charge is 0.484 e. The lowest BCUT2D eigenvalue weighted by Crippen LogP contribution is -2.44. The minimum Gasteiger partial charge on any atom is -0.484 e. The molecule has 0 saturated heterocycles. The van der Waals surface area contributed by atoms with Crippen molar-refractivity contribution < 1.29 is 19.1 Å². The topological polar surface area (TPSA) is 84.5 Å². The van der Waals surface area contributed by atoms with Crippen molar-refractivity contribution >= 4 is 17.7 Å². The molecule has 1 aromatic carbocycles. The molecule has 6 heteroatoms. The van der Waals surface area contributed by atoms with Gasteiger partial charge in [0.1, 0.15) is 5.75 Å². The van der Waals surface area contributed by atoms with Crippen LogP contribution in [-0.2, 0) is 4.79 Å². The van der Waals surface area contributed by atoms with Gasteiger partial charge in [-0.3, -0.25) is 14.9 Å². The van der Waals surface area contributed by atoms with Crippen molar-refractivity contribution in [3.8, 4) is 5.75 Å². The molecule has 3 amide bonds. The van der Waals surface area contributed by atoms with Gasteiger partial charge in [0, 0.05) is 18.0 Å². The maximum absolute atomic E-state index is 11.6. The van der Waals surface area contributed by atoms with Crippen molar-refractivity contribution in [1.82, 2.24) is 10.6 Å². The Hall–Kier alpha value is -2.37.